The zero-order chi connectivity index (χ0) is 14.8. The SMILES string of the molecule is CC(C)(COC(C(F)(F)F)C(F)(F)F)C(=O)NN. The molecule has 0 atom stereocenters. The van der Waals surface area contributed by atoms with Gasteiger partial charge in [-0.15, -0.1) is 0 Å². The Hall–Kier alpha value is -1.03. The molecule has 108 valence electrons. The number of rotatable bonds is 4. The van der Waals surface area contributed by atoms with Crippen LogP contribution in [0.2, 0.25) is 0 Å². The van der Waals surface area contributed by atoms with Gasteiger partial charge in [0.25, 0.3) is 0 Å². The van der Waals surface area contributed by atoms with Gasteiger partial charge in [0.2, 0.25) is 12.0 Å². The maximum atomic E-state index is 12.1. The molecule has 0 saturated heterocycles. The quantitative estimate of drug-likeness (QED) is 0.355. The van der Waals surface area contributed by atoms with E-state index in [-0.39, 0.29) is 0 Å². The average molecular weight is 282 g/mol. The monoisotopic (exact) mass is 282 g/mol. The minimum Gasteiger partial charge on any atom is -0.360 e. The molecule has 1 amide bonds. The topological polar surface area (TPSA) is 64.3 Å². The summed E-state index contributed by atoms with van der Waals surface area (Å²) >= 11 is 0. The number of nitrogens with two attached hydrogens (primary N) is 1. The van der Waals surface area contributed by atoms with Crippen molar-refractivity contribution in [1.82, 2.24) is 5.43 Å². The summed E-state index contributed by atoms with van der Waals surface area (Å²) < 4.78 is 76.4. The highest BCUT2D eigenvalue weighted by molar-refractivity contribution is 5.81. The number of alkyl halides is 6. The number of carbonyl (C=O) groups is 1. The van der Waals surface area contributed by atoms with Crippen LogP contribution in [0.1, 0.15) is 13.8 Å². The number of nitrogens with one attached hydrogen (secondary N) is 1. The van der Waals surface area contributed by atoms with Crippen molar-refractivity contribution in [3.05, 3.63) is 0 Å². The molecular formula is C8H12F6N2O2. The number of carbonyl (C=O) groups excluding carboxylic acids is 1. The Kier molecular flexibility index (Phi) is 5.00. The lowest BCUT2D eigenvalue weighted by atomic mass is 9.94. The van der Waals surface area contributed by atoms with E-state index in [4.69, 9.17) is 5.84 Å². The van der Waals surface area contributed by atoms with E-state index in [1.54, 1.807) is 5.43 Å². The first-order chi connectivity index (χ1) is 7.82. The molecule has 0 aromatic carbocycles. The van der Waals surface area contributed by atoms with Crippen LogP contribution in [0.25, 0.3) is 0 Å². The van der Waals surface area contributed by atoms with Crippen LogP contribution in [0.5, 0.6) is 0 Å². The van der Waals surface area contributed by atoms with Crippen molar-refractivity contribution >= 4 is 5.91 Å². The third kappa shape index (κ3) is 4.69. The van der Waals surface area contributed by atoms with Crippen molar-refractivity contribution in [2.45, 2.75) is 32.3 Å². The molecule has 0 aromatic heterocycles. The lowest BCUT2D eigenvalue weighted by molar-refractivity contribution is -0.324. The summed E-state index contributed by atoms with van der Waals surface area (Å²) in [5.74, 6) is 3.80. The van der Waals surface area contributed by atoms with Gasteiger partial charge in [-0.2, -0.15) is 26.3 Å². The molecule has 0 aliphatic carbocycles. The van der Waals surface area contributed by atoms with Crippen LogP contribution < -0.4 is 11.3 Å². The van der Waals surface area contributed by atoms with Crippen molar-refractivity contribution in [3.8, 4) is 0 Å². The van der Waals surface area contributed by atoms with Gasteiger partial charge in [-0.3, -0.25) is 10.2 Å². The summed E-state index contributed by atoms with van der Waals surface area (Å²) in [6, 6.07) is 0. The molecule has 0 saturated carbocycles. The van der Waals surface area contributed by atoms with E-state index < -0.39 is 36.4 Å². The van der Waals surface area contributed by atoms with Crippen LogP contribution in [0.4, 0.5) is 26.3 Å². The van der Waals surface area contributed by atoms with E-state index in [0.29, 0.717) is 0 Å². The molecule has 0 aliphatic rings. The van der Waals surface area contributed by atoms with Crippen molar-refractivity contribution in [1.29, 1.82) is 0 Å². The number of ether oxygens (including phenoxy) is 1. The Morgan fingerprint density at radius 1 is 1.17 bits per heavy atom. The molecule has 10 heteroatoms. The fourth-order valence-electron chi connectivity index (χ4n) is 0.927. The predicted octanol–water partition coefficient (Wildman–Crippen LogP) is 1.51. The zero-order valence-electron chi connectivity index (χ0n) is 9.45. The molecule has 0 unspecified atom stereocenters. The van der Waals surface area contributed by atoms with Crippen LogP contribution in [0.15, 0.2) is 0 Å². The number of amides is 1. The number of halogens is 6. The second-order valence-electron chi connectivity index (χ2n) is 4.13. The van der Waals surface area contributed by atoms with Crippen molar-refractivity contribution < 1.29 is 35.9 Å². The molecule has 0 bridgehead atoms. The van der Waals surface area contributed by atoms with Gasteiger partial charge >= 0.3 is 12.4 Å². The van der Waals surface area contributed by atoms with E-state index in [9.17, 15) is 31.1 Å². The minimum atomic E-state index is -5.60. The van der Waals surface area contributed by atoms with Gasteiger partial charge in [-0.25, -0.2) is 5.84 Å². The zero-order valence-corrected chi connectivity index (χ0v) is 9.45. The fraction of sp³-hybridized carbons (Fsp3) is 0.875. The predicted molar refractivity (Wildman–Crippen MR) is 48.0 cm³/mol. The maximum Gasteiger partial charge on any atom is 0.423 e. The Balaban J connectivity index is 4.80. The first-order valence-electron chi connectivity index (χ1n) is 4.58. The van der Waals surface area contributed by atoms with E-state index in [1.807, 2.05) is 0 Å². The summed E-state index contributed by atoms with van der Waals surface area (Å²) in [5, 5.41) is 0. The van der Waals surface area contributed by atoms with Gasteiger partial charge in [0.15, 0.2) is 0 Å². The molecule has 4 nitrogen and oxygen atoms in total. The first-order valence-corrected chi connectivity index (χ1v) is 4.58. The van der Waals surface area contributed by atoms with Gasteiger partial charge in [-0.05, 0) is 13.8 Å². The molecule has 0 radical (unpaired) electrons. The van der Waals surface area contributed by atoms with E-state index >= 15 is 0 Å². The fourth-order valence-corrected chi connectivity index (χ4v) is 0.927. The standard InChI is InChI=1S/C8H12F6N2O2/c1-6(2,5(17)16-15)3-18-4(7(9,10)11)8(12,13)14/h4H,3,15H2,1-2H3,(H,16,17). The Labute approximate surface area is 98.4 Å². The summed E-state index contributed by atoms with van der Waals surface area (Å²) in [7, 11) is 0. The van der Waals surface area contributed by atoms with Crippen LogP contribution >= 0.6 is 0 Å². The molecule has 0 fully saturated rings. The molecule has 0 aliphatic heterocycles. The summed E-state index contributed by atoms with van der Waals surface area (Å²) in [6.07, 6.45) is -15.1. The average Bonchev–Trinajstić information content (AvgIpc) is 2.11. The van der Waals surface area contributed by atoms with Crippen molar-refractivity contribution in [2.75, 3.05) is 6.61 Å². The summed E-state index contributed by atoms with van der Waals surface area (Å²) in [4.78, 5) is 11.1. The summed E-state index contributed by atoms with van der Waals surface area (Å²) in [5.41, 5.74) is 0.00350. The van der Waals surface area contributed by atoms with Crippen molar-refractivity contribution in [3.63, 3.8) is 0 Å². The van der Waals surface area contributed by atoms with E-state index in [1.165, 1.54) is 0 Å². The highest BCUT2D eigenvalue weighted by Gasteiger charge is 2.58. The molecule has 3 N–H and O–H groups in total. The third-order valence-electron chi connectivity index (χ3n) is 1.95. The molecule has 18 heavy (non-hydrogen) atoms. The van der Waals surface area contributed by atoms with Crippen molar-refractivity contribution in [2.24, 2.45) is 11.3 Å². The molecule has 0 spiro atoms. The van der Waals surface area contributed by atoms with E-state index in [0.717, 1.165) is 13.8 Å². The highest BCUT2D eigenvalue weighted by Crippen LogP contribution is 2.36. The minimum absolute atomic E-state index is 0.939. The van der Waals surface area contributed by atoms with Crippen LogP contribution in [0, 0.1) is 5.41 Å². The van der Waals surface area contributed by atoms with Crippen LogP contribution in [-0.2, 0) is 9.53 Å². The maximum absolute atomic E-state index is 12.1. The Morgan fingerprint density at radius 2 is 1.56 bits per heavy atom. The van der Waals surface area contributed by atoms with E-state index in [2.05, 4.69) is 4.74 Å². The van der Waals surface area contributed by atoms with Gasteiger partial charge in [0.1, 0.15) is 0 Å². The third-order valence-corrected chi connectivity index (χ3v) is 1.95. The van der Waals surface area contributed by atoms with Crippen LogP contribution in [0.3, 0.4) is 0 Å². The van der Waals surface area contributed by atoms with Gasteiger partial charge in [0.05, 0.1) is 12.0 Å². The normalized spacial score (nSPS) is 13.9. The van der Waals surface area contributed by atoms with Gasteiger partial charge < -0.3 is 4.74 Å². The second kappa shape index (κ2) is 5.31. The smallest absolute Gasteiger partial charge is 0.360 e. The lowest BCUT2D eigenvalue weighted by Gasteiger charge is -2.28. The number of hydrogen-bond acceptors (Lipinski definition) is 3. The first kappa shape index (κ1) is 17.0. The number of hydrazine groups is 1. The Bertz CT molecular complexity index is 285. The Morgan fingerprint density at radius 3 is 1.83 bits per heavy atom. The van der Waals surface area contributed by atoms with Crippen LogP contribution in [-0.4, -0.2) is 31.0 Å². The van der Waals surface area contributed by atoms with Gasteiger partial charge in [-0.1, -0.05) is 0 Å². The summed E-state index contributed by atoms with van der Waals surface area (Å²) in [6.45, 7) is 1.11. The largest absolute Gasteiger partial charge is 0.423 e. The molecule has 0 heterocycles. The molecule has 0 aromatic rings. The molecule has 0 rings (SSSR count). The second-order valence-corrected chi connectivity index (χ2v) is 4.13. The molecular weight excluding hydrogens is 270 g/mol. The lowest BCUT2D eigenvalue weighted by Crippen LogP contribution is -2.49. The number of hydrogen-bond donors (Lipinski definition) is 2. The highest BCUT2D eigenvalue weighted by atomic mass is 19.4. The van der Waals surface area contributed by atoms with Gasteiger partial charge in [0, 0.05) is 0 Å².